The van der Waals surface area contributed by atoms with Gasteiger partial charge in [-0.2, -0.15) is 5.10 Å². The first-order valence-electron chi connectivity index (χ1n) is 7.35. The number of methoxy groups -OCH3 is 1. The Morgan fingerprint density at radius 1 is 1.26 bits per heavy atom. The molecular weight excluding hydrogens is 312 g/mol. The van der Waals surface area contributed by atoms with Crippen LogP contribution in [0, 0.1) is 0 Å². The molecule has 0 atom stereocenters. The number of hydrogen-bond donors (Lipinski definition) is 1. The molecular formula is C18H19ClN2O2. The van der Waals surface area contributed by atoms with Crippen molar-refractivity contribution in [2.45, 2.75) is 19.8 Å². The normalized spacial score (nSPS) is 10.7. The summed E-state index contributed by atoms with van der Waals surface area (Å²) in [5.41, 5.74) is 5.40. The summed E-state index contributed by atoms with van der Waals surface area (Å²) in [4.78, 5) is 11.9. The Bertz CT molecular complexity index is 697. The molecule has 0 aliphatic rings. The molecule has 0 fully saturated rings. The van der Waals surface area contributed by atoms with Gasteiger partial charge in [-0.25, -0.2) is 5.43 Å². The third kappa shape index (κ3) is 5.11. The lowest BCUT2D eigenvalue weighted by Crippen LogP contribution is -2.20. The number of hydrazone groups is 1. The molecule has 1 amide bonds. The van der Waals surface area contributed by atoms with Crippen molar-refractivity contribution < 1.29 is 9.53 Å². The van der Waals surface area contributed by atoms with Crippen molar-refractivity contribution in [1.82, 2.24) is 5.43 Å². The second-order valence-corrected chi connectivity index (χ2v) is 5.43. The minimum Gasteiger partial charge on any atom is -0.497 e. The molecule has 2 aromatic carbocycles. The van der Waals surface area contributed by atoms with Gasteiger partial charge in [-0.05, 0) is 41.3 Å². The van der Waals surface area contributed by atoms with Crippen LogP contribution < -0.4 is 10.2 Å². The topological polar surface area (TPSA) is 50.7 Å². The minimum atomic E-state index is -0.235. The summed E-state index contributed by atoms with van der Waals surface area (Å²) < 4.78 is 5.13. The van der Waals surface area contributed by atoms with E-state index in [0.29, 0.717) is 16.3 Å². The van der Waals surface area contributed by atoms with Crippen LogP contribution in [0.1, 0.15) is 23.6 Å². The van der Waals surface area contributed by atoms with Gasteiger partial charge >= 0.3 is 0 Å². The molecule has 0 saturated carbocycles. The fourth-order valence-corrected chi connectivity index (χ4v) is 2.23. The number of halogens is 1. The van der Waals surface area contributed by atoms with E-state index in [0.717, 1.165) is 12.0 Å². The lowest BCUT2D eigenvalue weighted by molar-refractivity contribution is -0.120. The second-order valence-electron chi connectivity index (χ2n) is 5.02. The number of carbonyl (C=O) groups excluding carboxylic acids is 1. The summed E-state index contributed by atoms with van der Waals surface area (Å²) in [6, 6.07) is 13.2. The fraction of sp³-hybridized carbons (Fsp3) is 0.222. The first-order chi connectivity index (χ1) is 11.1. The number of ether oxygens (including phenoxy) is 1. The fourth-order valence-electron chi connectivity index (χ4n) is 2.04. The smallest absolute Gasteiger partial charge is 0.244 e. The third-order valence-electron chi connectivity index (χ3n) is 3.39. The van der Waals surface area contributed by atoms with Gasteiger partial charge in [-0.1, -0.05) is 42.8 Å². The Hall–Kier alpha value is -2.33. The first kappa shape index (κ1) is 17.0. The highest BCUT2D eigenvalue weighted by Crippen LogP contribution is 2.22. The Morgan fingerprint density at radius 2 is 2.00 bits per heavy atom. The lowest BCUT2D eigenvalue weighted by Gasteiger charge is -2.06. The van der Waals surface area contributed by atoms with Crippen molar-refractivity contribution in [3.8, 4) is 5.75 Å². The molecule has 1 N–H and O–H groups in total. The molecule has 5 heteroatoms. The van der Waals surface area contributed by atoms with Crippen molar-refractivity contribution in [3.63, 3.8) is 0 Å². The highest BCUT2D eigenvalue weighted by Gasteiger charge is 2.07. The van der Waals surface area contributed by atoms with Crippen LogP contribution in [0.3, 0.4) is 0 Å². The Morgan fingerprint density at radius 3 is 2.65 bits per heavy atom. The maximum Gasteiger partial charge on any atom is 0.244 e. The molecule has 120 valence electrons. The van der Waals surface area contributed by atoms with E-state index in [1.54, 1.807) is 31.5 Å². The van der Waals surface area contributed by atoms with Gasteiger partial charge in [0.2, 0.25) is 5.91 Å². The van der Waals surface area contributed by atoms with Gasteiger partial charge in [0, 0.05) is 5.02 Å². The Kier molecular flexibility index (Phi) is 6.18. The summed E-state index contributed by atoms with van der Waals surface area (Å²) >= 11 is 6.08. The standard InChI is InChI=1S/C18H19ClN2O2/c1-3-13-4-6-14(7-5-13)12-20-21-18(22)11-15-10-16(23-2)8-9-17(15)19/h4-10,12H,3,11H2,1-2H3,(H,21,22)/b20-12+. The molecule has 0 saturated heterocycles. The van der Waals surface area contributed by atoms with Crippen molar-refractivity contribution in [2.75, 3.05) is 7.11 Å². The average molecular weight is 331 g/mol. The number of rotatable bonds is 6. The van der Waals surface area contributed by atoms with Crippen molar-refractivity contribution in [2.24, 2.45) is 5.10 Å². The number of aryl methyl sites for hydroxylation is 1. The molecule has 23 heavy (non-hydrogen) atoms. The number of amides is 1. The maximum atomic E-state index is 11.9. The van der Waals surface area contributed by atoms with Gasteiger partial charge in [0.1, 0.15) is 5.75 Å². The zero-order valence-electron chi connectivity index (χ0n) is 13.2. The molecule has 4 nitrogen and oxygen atoms in total. The Labute approximate surface area is 141 Å². The Balaban J connectivity index is 1.93. The zero-order chi connectivity index (χ0) is 16.7. The highest BCUT2D eigenvalue weighted by atomic mass is 35.5. The summed E-state index contributed by atoms with van der Waals surface area (Å²) in [6.45, 7) is 2.10. The quantitative estimate of drug-likeness (QED) is 0.650. The molecule has 0 heterocycles. The number of carbonyl (C=O) groups is 1. The summed E-state index contributed by atoms with van der Waals surface area (Å²) in [6.07, 6.45) is 2.75. The highest BCUT2D eigenvalue weighted by molar-refractivity contribution is 6.31. The number of benzene rings is 2. The van der Waals surface area contributed by atoms with E-state index in [1.165, 1.54) is 5.56 Å². The number of nitrogens with one attached hydrogen (secondary N) is 1. The van der Waals surface area contributed by atoms with Crippen LogP contribution in [0.25, 0.3) is 0 Å². The summed E-state index contributed by atoms with van der Waals surface area (Å²) in [5, 5.41) is 4.49. The van der Waals surface area contributed by atoms with Gasteiger partial charge < -0.3 is 4.74 Å². The molecule has 0 aromatic heterocycles. The van der Waals surface area contributed by atoms with E-state index in [9.17, 15) is 4.79 Å². The molecule has 0 aliphatic heterocycles. The monoisotopic (exact) mass is 330 g/mol. The average Bonchev–Trinajstić information content (AvgIpc) is 2.57. The number of hydrogen-bond acceptors (Lipinski definition) is 3. The van der Waals surface area contributed by atoms with Crippen LogP contribution in [0.5, 0.6) is 5.75 Å². The molecule has 0 radical (unpaired) electrons. The first-order valence-corrected chi connectivity index (χ1v) is 7.73. The second kappa shape index (κ2) is 8.34. The molecule has 2 aromatic rings. The summed E-state index contributed by atoms with van der Waals surface area (Å²) in [5.74, 6) is 0.429. The van der Waals surface area contributed by atoms with Crippen LogP contribution >= 0.6 is 11.6 Å². The maximum absolute atomic E-state index is 11.9. The van der Waals surface area contributed by atoms with Gasteiger partial charge in [0.15, 0.2) is 0 Å². The van der Waals surface area contributed by atoms with E-state index in [4.69, 9.17) is 16.3 Å². The van der Waals surface area contributed by atoms with Crippen LogP contribution in [0.15, 0.2) is 47.6 Å². The zero-order valence-corrected chi connectivity index (χ0v) is 13.9. The van der Waals surface area contributed by atoms with Crippen LogP contribution in [-0.4, -0.2) is 19.2 Å². The van der Waals surface area contributed by atoms with Crippen molar-refractivity contribution >= 4 is 23.7 Å². The lowest BCUT2D eigenvalue weighted by atomic mass is 10.1. The van der Waals surface area contributed by atoms with Gasteiger partial charge in [-0.3, -0.25) is 4.79 Å². The van der Waals surface area contributed by atoms with Crippen LogP contribution in [0.4, 0.5) is 0 Å². The van der Waals surface area contributed by atoms with E-state index in [-0.39, 0.29) is 12.3 Å². The molecule has 0 aliphatic carbocycles. The van der Waals surface area contributed by atoms with Crippen LogP contribution in [-0.2, 0) is 17.6 Å². The minimum absolute atomic E-state index is 0.141. The van der Waals surface area contributed by atoms with Gasteiger partial charge in [0.25, 0.3) is 0 Å². The SMILES string of the molecule is CCc1ccc(/C=N/NC(=O)Cc2cc(OC)ccc2Cl)cc1. The molecule has 2 rings (SSSR count). The van der Waals surface area contributed by atoms with Gasteiger partial charge in [-0.15, -0.1) is 0 Å². The van der Waals surface area contributed by atoms with E-state index in [2.05, 4.69) is 17.5 Å². The largest absolute Gasteiger partial charge is 0.497 e. The molecule has 0 bridgehead atoms. The molecule has 0 unspecified atom stereocenters. The van der Waals surface area contributed by atoms with Crippen molar-refractivity contribution in [1.29, 1.82) is 0 Å². The van der Waals surface area contributed by atoms with Gasteiger partial charge in [0.05, 0.1) is 19.7 Å². The molecule has 0 spiro atoms. The van der Waals surface area contributed by atoms with E-state index in [1.807, 2.05) is 24.3 Å². The predicted molar refractivity (Wildman–Crippen MR) is 93.3 cm³/mol. The summed E-state index contributed by atoms with van der Waals surface area (Å²) in [7, 11) is 1.57. The predicted octanol–water partition coefficient (Wildman–Crippen LogP) is 3.60. The number of nitrogens with zero attached hydrogens (tertiary/aromatic N) is 1. The van der Waals surface area contributed by atoms with E-state index >= 15 is 0 Å². The van der Waals surface area contributed by atoms with E-state index < -0.39 is 0 Å². The van der Waals surface area contributed by atoms with Crippen LogP contribution in [0.2, 0.25) is 5.02 Å². The third-order valence-corrected chi connectivity index (χ3v) is 3.76. The van der Waals surface area contributed by atoms with Crippen molar-refractivity contribution in [3.05, 3.63) is 64.2 Å².